The van der Waals surface area contributed by atoms with Crippen LogP contribution in [0.4, 0.5) is 5.13 Å². The van der Waals surface area contributed by atoms with Crippen molar-refractivity contribution in [1.29, 1.82) is 0 Å². The molecule has 3 rings (SSSR count). The summed E-state index contributed by atoms with van der Waals surface area (Å²) in [7, 11) is -4.97. The number of nitrogens with one attached hydrogen (secondary N) is 2. The highest BCUT2D eigenvalue weighted by Crippen LogP contribution is 2.26. The van der Waals surface area contributed by atoms with Crippen molar-refractivity contribution in [2.24, 2.45) is 5.73 Å². The number of carboxylic acids is 1. The van der Waals surface area contributed by atoms with Gasteiger partial charge in [-0.25, -0.2) is 14.1 Å². The monoisotopic (exact) mass is 534 g/mol. The van der Waals surface area contributed by atoms with Crippen LogP contribution in [0.2, 0.25) is 0 Å². The number of nitrogen functional groups attached to an aromatic ring is 1. The number of tetrazole rings is 1. The second-order valence-electron chi connectivity index (χ2n) is 7.71. The Labute approximate surface area is 201 Å². The number of β-lactam (4-membered cyclic amide) rings is 1. The van der Waals surface area contributed by atoms with Crippen LogP contribution in [0.5, 0.6) is 0 Å². The highest BCUT2D eigenvalue weighted by atomic mass is 32.2. The number of hydroxylamine groups is 1. The molecule has 8 N–H and O–H groups in total. The predicted molar refractivity (Wildman–Crippen MR) is 115 cm³/mol. The number of hydrogen-bond acceptors (Lipinski definition) is 14. The lowest BCUT2D eigenvalue weighted by Gasteiger charge is -2.44. The molecule has 0 saturated carbocycles. The Hall–Kier alpha value is -3.30. The number of aliphatic carboxylic acids is 1. The molecule has 1 unspecified atom stereocenters. The lowest BCUT2D eigenvalue weighted by Crippen LogP contribution is -2.73. The number of carboxylic acid groups (broad SMARTS) is 1. The first-order chi connectivity index (χ1) is 16.2. The molecule has 0 aromatic carbocycles. The first kappa shape index (κ1) is 26.3. The van der Waals surface area contributed by atoms with Crippen molar-refractivity contribution >= 4 is 44.6 Å². The van der Waals surface area contributed by atoms with Gasteiger partial charge < -0.3 is 21.9 Å². The van der Waals surface area contributed by atoms with E-state index in [0.29, 0.717) is 0 Å². The van der Waals surface area contributed by atoms with E-state index < -0.39 is 51.8 Å². The average Bonchev–Trinajstić information content (AvgIpc) is 3.39. The Morgan fingerprint density at radius 3 is 2.60 bits per heavy atom. The van der Waals surface area contributed by atoms with Gasteiger partial charge in [0.25, 0.3) is 5.91 Å². The Kier molecular flexibility index (Phi) is 7.33. The number of hydrogen-bond donors (Lipinski definition) is 6. The second-order valence-corrected chi connectivity index (χ2v) is 9.89. The predicted octanol–water partition coefficient (Wildman–Crippen LogP) is -3.21. The van der Waals surface area contributed by atoms with Crippen LogP contribution in [0, 0.1) is 0 Å². The van der Waals surface area contributed by atoms with Crippen molar-refractivity contribution in [3.63, 3.8) is 0 Å². The van der Waals surface area contributed by atoms with E-state index in [1.807, 2.05) is 0 Å². The quantitative estimate of drug-likeness (QED) is 0.0940. The molecule has 1 aliphatic heterocycles. The Bertz CT molecular complexity index is 1230. The summed E-state index contributed by atoms with van der Waals surface area (Å²) in [6, 6.07) is -4.20. The number of amides is 2. The minimum atomic E-state index is -4.97. The summed E-state index contributed by atoms with van der Waals surface area (Å²) in [5.74, 6) is -3.26. The van der Waals surface area contributed by atoms with Crippen LogP contribution < -0.4 is 22.3 Å². The van der Waals surface area contributed by atoms with Gasteiger partial charge >= 0.3 is 16.3 Å². The van der Waals surface area contributed by atoms with Crippen molar-refractivity contribution in [2.75, 3.05) is 5.73 Å². The molecule has 1 aliphatic rings. The van der Waals surface area contributed by atoms with Crippen molar-refractivity contribution in [3.05, 3.63) is 16.9 Å². The molecule has 0 radical (unpaired) electrons. The van der Waals surface area contributed by atoms with E-state index in [-0.39, 0.29) is 34.0 Å². The van der Waals surface area contributed by atoms with Gasteiger partial charge in [-0.2, -0.15) is 18.7 Å². The van der Waals surface area contributed by atoms with E-state index in [0.717, 1.165) is 16.1 Å². The fourth-order valence-electron chi connectivity index (χ4n) is 2.91. The molecule has 0 bridgehead atoms. The number of carbonyl (C=O) groups is 3. The summed E-state index contributed by atoms with van der Waals surface area (Å²) in [4.78, 5) is 47.0. The fourth-order valence-corrected chi connectivity index (χ4v) is 4.37. The molecule has 1 fully saturated rings. The smallest absolute Gasteiger partial charge is 0.362 e. The Balaban J connectivity index is 1.83. The minimum Gasteiger partial charge on any atom is -0.479 e. The van der Waals surface area contributed by atoms with Gasteiger partial charge in [-0.1, -0.05) is 0 Å². The van der Waals surface area contributed by atoms with E-state index in [2.05, 4.69) is 31.2 Å². The molecule has 2 aromatic rings. The molecule has 35 heavy (non-hydrogen) atoms. The molecule has 0 spiro atoms. The summed E-state index contributed by atoms with van der Waals surface area (Å²) in [6.45, 7) is 2.03. The van der Waals surface area contributed by atoms with Gasteiger partial charge in [-0.15, -0.1) is 21.5 Å². The summed E-state index contributed by atoms with van der Waals surface area (Å²) in [6.07, 6.45) is 0. The van der Waals surface area contributed by atoms with Gasteiger partial charge in [-0.3, -0.25) is 19.0 Å². The molecule has 3 heterocycles. The lowest BCUT2D eigenvalue weighted by atomic mass is 9.98. The zero-order valence-corrected chi connectivity index (χ0v) is 19.9. The number of thiazole rings is 1. The first-order valence-corrected chi connectivity index (χ1v) is 12.0. The maximum Gasteiger partial charge on any atom is 0.362 e. The minimum absolute atomic E-state index is 0.0478. The summed E-state index contributed by atoms with van der Waals surface area (Å²) in [5.41, 5.74) is 11.6. The fraction of sp³-hybridized carbons (Fsp3) is 0.533. The van der Waals surface area contributed by atoms with Gasteiger partial charge in [0, 0.05) is 5.38 Å². The topological polar surface area (TPSA) is 271 Å². The number of aromatic nitrogens is 5. The SMILES string of the molecule is CC(C)(ONC(C(=O)N[C@@H]1C(=O)N(S(=O)(=O)O)[C@@H]1Cn1nnc(CN)n1)c1csc(N)n1)C(=O)O. The van der Waals surface area contributed by atoms with Gasteiger partial charge in [0.05, 0.1) is 18.8 Å². The van der Waals surface area contributed by atoms with Crippen LogP contribution in [-0.2, 0) is 42.6 Å². The first-order valence-electron chi connectivity index (χ1n) is 9.70. The molecule has 192 valence electrons. The molecule has 20 heteroatoms. The number of carbonyl (C=O) groups excluding carboxylic acids is 2. The highest BCUT2D eigenvalue weighted by Gasteiger charge is 2.55. The summed E-state index contributed by atoms with van der Waals surface area (Å²) >= 11 is 0.990. The molecule has 0 aliphatic carbocycles. The molecule has 2 amide bonds. The Morgan fingerprint density at radius 1 is 1.40 bits per heavy atom. The number of nitrogens with two attached hydrogens (primary N) is 2. The van der Waals surface area contributed by atoms with Crippen LogP contribution in [0.3, 0.4) is 0 Å². The number of anilines is 1. The highest BCUT2D eigenvalue weighted by molar-refractivity contribution is 7.84. The van der Waals surface area contributed by atoms with Crippen molar-refractivity contribution < 1.29 is 37.3 Å². The van der Waals surface area contributed by atoms with Gasteiger partial charge in [0.1, 0.15) is 12.1 Å². The average molecular weight is 535 g/mol. The van der Waals surface area contributed by atoms with E-state index >= 15 is 0 Å². The zero-order valence-electron chi connectivity index (χ0n) is 18.2. The largest absolute Gasteiger partial charge is 0.479 e. The van der Waals surface area contributed by atoms with Gasteiger partial charge in [0.2, 0.25) is 5.91 Å². The number of nitrogens with zero attached hydrogens (tertiary/aromatic N) is 6. The van der Waals surface area contributed by atoms with Crippen molar-refractivity contribution in [2.45, 2.75) is 50.7 Å². The van der Waals surface area contributed by atoms with E-state index in [9.17, 15) is 32.5 Å². The maximum atomic E-state index is 13.1. The maximum absolute atomic E-state index is 13.1. The third-order valence-electron chi connectivity index (χ3n) is 4.79. The van der Waals surface area contributed by atoms with Crippen LogP contribution in [0.25, 0.3) is 0 Å². The van der Waals surface area contributed by atoms with Crippen LogP contribution in [0.15, 0.2) is 5.38 Å². The van der Waals surface area contributed by atoms with E-state index in [4.69, 9.17) is 16.3 Å². The van der Waals surface area contributed by atoms with Crippen molar-refractivity contribution in [3.8, 4) is 0 Å². The third kappa shape index (κ3) is 5.68. The lowest BCUT2D eigenvalue weighted by molar-refractivity contribution is -0.175. The van der Waals surface area contributed by atoms with E-state index in [1.54, 1.807) is 0 Å². The molecular weight excluding hydrogens is 512 g/mol. The normalized spacial score (nSPS) is 19.3. The molecule has 1 saturated heterocycles. The molecule has 2 aromatic heterocycles. The standard InChI is InChI=1S/C15H22N10O8S2/c1-15(2,13(28)29)33-22-9(6-5-34-14(17)18-6)11(26)19-10-7(25(12(10)27)35(30,31)32)4-24-21-8(3-16)20-23-24/h5,7,9-10,22H,3-4,16H2,1-2H3,(H2,17,18)(H,19,26)(H,28,29)(H,30,31,32)/t7-,9?,10+/m1/s1. The van der Waals surface area contributed by atoms with Crippen LogP contribution in [-0.4, -0.2) is 83.0 Å². The third-order valence-corrected chi connectivity index (χ3v) is 6.43. The van der Waals surface area contributed by atoms with E-state index in [1.165, 1.54) is 19.2 Å². The molecule has 3 atom stereocenters. The number of rotatable bonds is 11. The second kappa shape index (κ2) is 9.75. The summed E-state index contributed by atoms with van der Waals surface area (Å²) < 4.78 is 33.0. The van der Waals surface area contributed by atoms with Crippen LogP contribution in [0.1, 0.15) is 31.4 Å². The molecular formula is C15H22N10O8S2. The molecule has 18 nitrogen and oxygen atoms in total. The van der Waals surface area contributed by atoms with Gasteiger partial charge in [0.15, 0.2) is 22.6 Å². The zero-order chi connectivity index (χ0) is 26.1. The Morgan fingerprint density at radius 2 is 2.09 bits per heavy atom. The van der Waals surface area contributed by atoms with Crippen molar-refractivity contribution in [1.82, 2.24) is 40.3 Å². The summed E-state index contributed by atoms with van der Waals surface area (Å²) in [5, 5.41) is 24.3. The van der Waals surface area contributed by atoms with Crippen LogP contribution >= 0.6 is 11.3 Å². The van der Waals surface area contributed by atoms with Gasteiger partial charge in [-0.05, 0) is 19.1 Å².